The number of halogens is 16. The number of ketones is 2. The predicted octanol–water partition coefficient (Wildman–Crippen LogP) is 13.7. The van der Waals surface area contributed by atoms with Crippen LogP contribution in [0.2, 0.25) is 0 Å². The molecule has 9 rings (SSSR count). The molecular formula is C71H74F15IN16O11. The summed E-state index contributed by atoms with van der Waals surface area (Å²) in [7, 11) is 0. The Morgan fingerprint density at radius 3 is 1.11 bits per heavy atom. The van der Waals surface area contributed by atoms with E-state index in [0.717, 1.165) is 57.2 Å². The molecule has 0 radical (unpaired) electrons. The predicted molar refractivity (Wildman–Crippen MR) is 385 cm³/mol. The van der Waals surface area contributed by atoms with E-state index in [1.807, 2.05) is 28.8 Å². The Balaban J connectivity index is 0.000000411. The number of carbonyl (C=O) groups excluding carboxylic acids is 4. The van der Waals surface area contributed by atoms with E-state index >= 15 is 4.39 Å². The third-order valence-electron chi connectivity index (χ3n) is 15.5. The summed E-state index contributed by atoms with van der Waals surface area (Å²) in [5.41, 5.74) is 0.856. The van der Waals surface area contributed by atoms with Crippen LogP contribution in [-0.2, 0) is 53.1 Å². The van der Waals surface area contributed by atoms with Gasteiger partial charge in [-0.3, -0.25) is 29.5 Å². The molecule has 9 atom stereocenters. The maximum atomic E-state index is 15.4. The maximum Gasteiger partial charge on any atom is 0.428 e. The van der Waals surface area contributed by atoms with E-state index in [-0.39, 0.29) is 84.2 Å². The van der Waals surface area contributed by atoms with Crippen molar-refractivity contribution in [3.8, 4) is 18.2 Å². The quantitative estimate of drug-likeness (QED) is 0.0483. The van der Waals surface area contributed by atoms with E-state index in [1.165, 1.54) is 78.3 Å². The highest BCUT2D eigenvalue weighted by Crippen LogP contribution is 2.46. The number of carbonyl (C=O) groups is 5. The Kier molecular flexibility index (Phi) is 31.7. The van der Waals surface area contributed by atoms with Crippen LogP contribution in [0.1, 0.15) is 170 Å². The third-order valence-corrected chi connectivity index (χ3v) is 15.5. The first-order chi connectivity index (χ1) is 51.1. The molecule has 616 valence electrons. The van der Waals surface area contributed by atoms with Crippen molar-refractivity contribution in [2.75, 3.05) is 5.73 Å². The molecule has 2 amide bonds. The number of alkyl carbamates (subject to hydrolysis) is 2. The highest BCUT2D eigenvalue weighted by molar-refractivity contribution is 14.0. The second kappa shape index (κ2) is 37.4. The molecule has 6 aromatic rings. The van der Waals surface area contributed by atoms with E-state index in [1.54, 1.807) is 20.8 Å². The lowest BCUT2D eigenvalue weighted by molar-refractivity contribution is -0.228. The monoisotopic (exact) mass is 1740 g/mol. The van der Waals surface area contributed by atoms with Crippen LogP contribution in [0.4, 0.5) is 81.3 Å². The van der Waals surface area contributed by atoms with Crippen molar-refractivity contribution in [1.82, 2.24) is 40.5 Å². The Hall–Kier alpha value is -11.6. The van der Waals surface area contributed by atoms with Crippen molar-refractivity contribution >= 4 is 77.6 Å². The van der Waals surface area contributed by atoms with Gasteiger partial charge in [-0.15, -0.1) is 24.0 Å². The Morgan fingerprint density at radius 1 is 0.509 bits per heavy atom. The van der Waals surface area contributed by atoms with Crippen LogP contribution in [0.5, 0.6) is 0 Å². The Bertz CT molecular complexity index is 4810. The summed E-state index contributed by atoms with van der Waals surface area (Å²) in [6, 6.07) is 12.8. The standard InChI is InChI=1S/C25H24F5N5O4.C20H16F5N5O2.C16H19F5N4O3.C8H6N2O2.2CH4.HI/c1-12-8-13(10-31)11-32-17(12)16(36)9-14-6-7-15(26)19(33-14)24(5)18(27)20(25(28,29)30)38-21(35-24)34-22(37)39-23(2,3)4;1-9-5-10(7-26)8-28-14(9)13(31)6-11-3-4-12(21)16(29-11)19(2)15(22)17(20(23,24)25)32-18(27)30-19;1-14(2,3)28-13(26)24-12-25-15(4,9(18)11(27-12)16(19,20)21)10-7(17)5-6-8(22)23-10;1-5-2-6(3-9)4-10-7(5)8(11)12;;;/h6-8,11,18,20H,9H2,1-5H3,(H,34,35,37);3-5,8,15,17H,6H2,1-2H3,(H2,27,30);5-6,9,11H,1-4H3,(H2,22,23)(H,24,25,26);2,4H,1H3,(H,11,12);2*1H4;1H/t18-,20-,24-;15-,17-,19-;9-,11-,15-;;;;/m000..../s1. The first-order valence-electron chi connectivity index (χ1n) is 31.9. The number of carboxylic acids is 1. The smallest absolute Gasteiger partial charge is 0.428 e. The van der Waals surface area contributed by atoms with Crippen LogP contribution < -0.4 is 22.1 Å². The number of anilines is 1. The molecule has 7 N–H and O–H groups in total. The molecule has 3 aliphatic heterocycles. The summed E-state index contributed by atoms with van der Waals surface area (Å²) >= 11 is 0. The Morgan fingerprint density at radius 2 is 0.807 bits per heavy atom. The number of Topliss-reactive ketones (excluding diaryl/α,β-unsaturated/α-hetero) is 2. The van der Waals surface area contributed by atoms with E-state index in [4.69, 9.17) is 41.8 Å². The minimum atomic E-state index is -5.28. The van der Waals surface area contributed by atoms with Gasteiger partial charge in [-0.1, -0.05) is 14.9 Å². The van der Waals surface area contributed by atoms with Gasteiger partial charge in [0.2, 0.25) is 18.3 Å². The number of aryl methyl sites for hydroxylation is 3. The lowest BCUT2D eigenvalue weighted by atomic mass is 9.86. The topological polar surface area (TPSA) is 414 Å². The molecule has 43 heteroatoms. The van der Waals surface area contributed by atoms with Crippen molar-refractivity contribution < 1.29 is 119 Å². The number of aliphatic imine (C=N–C) groups is 3. The van der Waals surface area contributed by atoms with Crippen molar-refractivity contribution in [1.29, 1.82) is 15.8 Å². The summed E-state index contributed by atoms with van der Waals surface area (Å²) in [6.07, 6.45) is -33.1. The van der Waals surface area contributed by atoms with Crippen molar-refractivity contribution in [3.05, 3.63) is 170 Å². The number of carboxylic acid groups (broad SMARTS) is 1. The zero-order valence-electron chi connectivity index (χ0n) is 60.4. The van der Waals surface area contributed by atoms with Gasteiger partial charge in [-0.05, 0) is 154 Å². The number of hydrogen-bond acceptors (Lipinski definition) is 24. The number of nitrogens with one attached hydrogen (secondary N) is 2. The maximum absolute atomic E-state index is 15.4. The minimum Gasteiger partial charge on any atom is -0.477 e. The van der Waals surface area contributed by atoms with Gasteiger partial charge in [0.25, 0.3) is 18.1 Å². The zero-order chi connectivity index (χ0) is 83.8. The summed E-state index contributed by atoms with van der Waals surface area (Å²) in [4.78, 5) is 93.8. The molecule has 6 aromatic heterocycles. The number of nitriles is 3. The summed E-state index contributed by atoms with van der Waals surface area (Å²) in [6.45, 7) is 16.4. The fraction of sp³-hybridized carbons (Fsp3) is 0.423. The number of amidine groups is 3. The first-order valence-corrected chi connectivity index (χ1v) is 31.9. The van der Waals surface area contributed by atoms with Crippen LogP contribution in [-0.4, -0.2) is 149 Å². The molecule has 0 saturated carbocycles. The van der Waals surface area contributed by atoms with Gasteiger partial charge in [-0.25, -0.2) is 76.3 Å². The fourth-order valence-electron chi connectivity index (χ4n) is 10.4. The molecule has 0 spiro atoms. The van der Waals surface area contributed by atoms with Crippen LogP contribution in [0, 0.1) is 72.2 Å². The van der Waals surface area contributed by atoms with Gasteiger partial charge in [0.05, 0.1) is 29.5 Å². The van der Waals surface area contributed by atoms with Gasteiger partial charge < -0.3 is 40.3 Å². The van der Waals surface area contributed by atoms with E-state index in [0.29, 0.717) is 22.3 Å². The van der Waals surface area contributed by atoms with Crippen LogP contribution in [0.25, 0.3) is 0 Å². The molecule has 0 fully saturated rings. The van der Waals surface area contributed by atoms with E-state index in [9.17, 15) is 85.4 Å². The SMILES string of the molecule is C.C.CC(C)(C)OC(=O)NC1=N[C@](C)(c2nc(N)ccc2F)[C@@H](F)[C@@H](C(F)(F)F)O1.Cc1cc(C#N)cnc1C(=O)Cc1ccc(F)c([C@@]2(C)N=C(N)O[C@H](C(F)(F)F)[C@@H]2F)n1.Cc1cc(C#N)cnc1C(=O)Cc1ccc(F)c([C@@]2(C)N=C(NC(=O)OC(C)(C)C)O[C@H](C(F)(F)F)[C@@H]2F)n1.Cc1cc(C#N)cnc1C(=O)O.I. The average molecular weight is 1740 g/mol. The third kappa shape index (κ3) is 24.0. The molecule has 0 aliphatic carbocycles. The number of ether oxygens (including phenoxy) is 5. The van der Waals surface area contributed by atoms with Gasteiger partial charge >= 0.3 is 36.7 Å². The molecule has 0 bridgehead atoms. The molecule has 0 saturated heterocycles. The average Bonchev–Trinajstić information content (AvgIpc) is 0.752. The lowest BCUT2D eigenvalue weighted by Crippen LogP contribution is -2.57. The number of rotatable bonds is 10. The van der Waals surface area contributed by atoms with Gasteiger partial charge in [0.1, 0.15) is 97.8 Å². The highest BCUT2D eigenvalue weighted by atomic mass is 127. The number of pyridine rings is 6. The number of nitrogens with zero attached hydrogens (tertiary/aromatic N) is 12. The Labute approximate surface area is 657 Å². The number of nitrogen functional groups attached to an aromatic ring is 1. The van der Waals surface area contributed by atoms with Crippen LogP contribution in [0.3, 0.4) is 0 Å². The number of aromatic carboxylic acids is 1. The second-order valence-corrected chi connectivity index (χ2v) is 26.8. The normalized spacial score (nSPS) is 21.0. The molecule has 0 unspecified atom stereocenters. The molecule has 114 heavy (non-hydrogen) atoms. The van der Waals surface area contributed by atoms with Crippen LogP contribution in [0.15, 0.2) is 88.2 Å². The first kappa shape index (κ1) is 96.6. The number of hydrogen-bond donors (Lipinski definition) is 5. The number of amides is 2. The highest BCUT2D eigenvalue weighted by Gasteiger charge is 2.62. The molecule has 3 aliphatic rings. The summed E-state index contributed by atoms with van der Waals surface area (Å²) < 4.78 is 233. The van der Waals surface area contributed by atoms with E-state index < -0.39 is 178 Å². The number of aromatic nitrogens is 6. The molecule has 9 heterocycles. The van der Waals surface area contributed by atoms with E-state index in [2.05, 4.69) is 59.1 Å². The van der Waals surface area contributed by atoms with Gasteiger partial charge in [0.15, 0.2) is 35.8 Å². The van der Waals surface area contributed by atoms with Crippen molar-refractivity contribution in [2.24, 2.45) is 20.7 Å². The van der Waals surface area contributed by atoms with Gasteiger partial charge in [-0.2, -0.15) is 55.3 Å². The van der Waals surface area contributed by atoms with Gasteiger partial charge in [0, 0.05) is 30.0 Å². The number of alkyl halides is 12. The van der Waals surface area contributed by atoms with Crippen molar-refractivity contribution in [3.63, 3.8) is 0 Å². The zero-order valence-corrected chi connectivity index (χ0v) is 62.8. The summed E-state index contributed by atoms with van der Waals surface area (Å²) in [5, 5.41) is 38.7. The fourth-order valence-corrected chi connectivity index (χ4v) is 10.4. The lowest BCUT2D eigenvalue weighted by Gasteiger charge is -2.39. The van der Waals surface area contributed by atoms with Crippen LogP contribution >= 0.6 is 24.0 Å². The molecular weight excluding hydrogens is 1660 g/mol. The summed E-state index contributed by atoms with van der Waals surface area (Å²) in [5.74, 6) is -5.90. The number of nitrogens with two attached hydrogens (primary N) is 2. The second-order valence-electron chi connectivity index (χ2n) is 26.8. The molecule has 0 aromatic carbocycles. The molecule has 27 nitrogen and oxygen atoms in total. The largest absolute Gasteiger partial charge is 0.477 e. The van der Waals surface area contributed by atoms with Crippen molar-refractivity contribution in [2.45, 2.75) is 194 Å². The minimum absolute atomic E-state index is 0.